The minimum absolute atomic E-state index is 0.359. The van der Waals surface area contributed by atoms with Gasteiger partial charge in [-0.15, -0.1) is 23.1 Å². The lowest BCUT2D eigenvalue weighted by molar-refractivity contribution is 0.0524. The first kappa shape index (κ1) is 23.8. The van der Waals surface area contributed by atoms with Gasteiger partial charge in [-0.05, 0) is 76.4 Å². The van der Waals surface area contributed by atoms with Crippen LogP contribution in [0.5, 0.6) is 0 Å². The van der Waals surface area contributed by atoms with Gasteiger partial charge in [0.05, 0.1) is 21.6 Å². The zero-order valence-corrected chi connectivity index (χ0v) is 20.6. The number of alkyl carbamates (subject to hydrolysis) is 1. The van der Waals surface area contributed by atoms with Gasteiger partial charge in [-0.1, -0.05) is 23.8 Å². The van der Waals surface area contributed by atoms with Crippen molar-refractivity contribution in [3.05, 3.63) is 65.1 Å². The number of allylic oxidation sites excluding steroid dienone is 4. The third-order valence-corrected chi connectivity index (χ3v) is 8.19. The molecule has 3 rings (SSSR count). The summed E-state index contributed by atoms with van der Waals surface area (Å²) in [6.45, 7) is 5.84. The Bertz CT molecular complexity index is 969. The number of ether oxygens (including phenoxy) is 1. The summed E-state index contributed by atoms with van der Waals surface area (Å²) < 4.78 is 18.9. The van der Waals surface area contributed by atoms with Gasteiger partial charge in [-0.2, -0.15) is 0 Å². The molecule has 1 aromatic heterocycles. The molecule has 0 radical (unpaired) electrons. The maximum Gasteiger partial charge on any atom is 0.407 e. The molecule has 0 saturated carbocycles. The summed E-state index contributed by atoms with van der Waals surface area (Å²) in [4.78, 5) is 14.7. The SMILES string of the molecule is CC(C)(C)OC(=O)NCc1ccc(S(=O)c2ccc(SCCC3=CCCC=C3)cc2)s1. The molecule has 2 aromatic rings. The molecule has 4 nitrogen and oxygen atoms in total. The van der Waals surface area contributed by atoms with Crippen LogP contribution in [0.2, 0.25) is 0 Å². The molecule has 1 atom stereocenters. The molecule has 31 heavy (non-hydrogen) atoms. The second-order valence-corrected chi connectivity index (χ2v) is 12.2. The summed E-state index contributed by atoms with van der Waals surface area (Å²) in [6, 6.07) is 11.7. The molecule has 1 N–H and O–H groups in total. The van der Waals surface area contributed by atoms with E-state index in [9.17, 15) is 9.00 Å². The average Bonchev–Trinajstić information content (AvgIpc) is 3.21. The highest BCUT2D eigenvalue weighted by atomic mass is 32.2. The average molecular weight is 476 g/mol. The van der Waals surface area contributed by atoms with Gasteiger partial charge in [0.1, 0.15) is 5.60 Å². The highest BCUT2D eigenvalue weighted by molar-refractivity contribution is 7.99. The maximum atomic E-state index is 12.9. The highest BCUT2D eigenvalue weighted by Gasteiger charge is 2.16. The Labute approximate surface area is 195 Å². The fourth-order valence-electron chi connectivity index (χ4n) is 2.94. The number of carbonyl (C=O) groups excluding carboxylic acids is 1. The molecule has 166 valence electrons. The van der Waals surface area contributed by atoms with Crippen LogP contribution in [0, 0.1) is 0 Å². The number of amides is 1. The Balaban J connectivity index is 1.49. The fourth-order valence-corrected chi connectivity index (χ4v) is 6.24. The van der Waals surface area contributed by atoms with Crippen LogP contribution in [0.1, 0.15) is 44.9 Å². The molecule has 1 aromatic carbocycles. The first-order chi connectivity index (χ1) is 14.8. The third-order valence-electron chi connectivity index (χ3n) is 4.39. The number of nitrogens with one attached hydrogen (secondary N) is 1. The molecule has 0 fully saturated rings. The van der Waals surface area contributed by atoms with E-state index in [2.05, 4.69) is 23.5 Å². The number of rotatable bonds is 8. The monoisotopic (exact) mass is 475 g/mol. The lowest BCUT2D eigenvalue weighted by atomic mass is 10.1. The number of thioether (sulfide) groups is 1. The van der Waals surface area contributed by atoms with Crippen LogP contribution in [-0.2, 0) is 22.1 Å². The van der Waals surface area contributed by atoms with Gasteiger partial charge in [-0.3, -0.25) is 0 Å². The van der Waals surface area contributed by atoms with Crippen molar-refractivity contribution in [2.75, 3.05) is 5.75 Å². The largest absolute Gasteiger partial charge is 0.444 e. The van der Waals surface area contributed by atoms with Gasteiger partial charge in [0.15, 0.2) is 0 Å². The summed E-state index contributed by atoms with van der Waals surface area (Å²) >= 11 is 3.27. The van der Waals surface area contributed by atoms with Gasteiger partial charge in [0.25, 0.3) is 0 Å². The third kappa shape index (κ3) is 7.98. The Kier molecular flexibility index (Phi) is 8.58. The van der Waals surface area contributed by atoms with E-state index in [0.29, 0.717) is 6.54 Å². The molecule has 0 bridgehead atoms. The predicted octanol–water partition coefficient (Wildman–Crippen LogP) is 6.70. The van der Waals surface area contributed by atoms with Gasteiger partial charge < -0.3 is 10.1 Å². The van der Waals surface area contributed by atoms with Gasteiger partial charge in [0.2, 0.25) is 0 Å². The van der Waals surface area contributed by atoms with E-state index < -0.39 is 22.5 Å². The van der Waals surface area contributed by atoms with Crippen molar-refractivity contribution in [3.8, 4) is 0 Å². The molecule has 7 heteroatoms. The standard InChI is InChI=1S/C24H29NO3S3/c1-24(2,3)28-23(26)25-17-20-11-14-22(30-20)31(27)21-12-9-19(10-13-21)29-16-15-18-7-5-4-6-8-18/h5,7-14H,4,6,15-17H2,1-3H3,(H,25,26). The van der Waals surface area contributed by atoms with E-state index in [1.54, 1.807) is 0 Å². The first-order valence-corrected chi connectivity index (χ1v) is 13.3. The van der Waals surface area contributed by atoms with Gasteiger partial charge in [0, 0.05) is 20.4 Å². The smallest absolute Gasteiger partial charge is 0.407 e. The fraction of sp³-hybridized carbons (Fsp3) is 0.375. The van der Waals surface area contributed by atoms with E-state index in [1.807, 2.05) is 68.9 Å². The number of thiophene rings is 1. The molecule has 1 aliphatic carbocycles. The van der Waals surface area contributed by atoms with Crippen LogP contribution in [0.3, 0.4) is 0 Å². The van der Waals surface area contributed by atoms with E-state index >= 15 is 0 Å². The van der Waals surface area contributed by atoms with Crippen molar-refractivity contribution in [2.45, 2.75) is 66.2 Å². The molecule has 0 spiro atoms. The van der Waals surface area contributed by atoms with Crippen LogP contribution in [0.15, 0.2) is 74.2 Å². The maximum absolute atomic E-state index is 12.9. The molecule has 0 aliphatic heterocycles. The van der Waals surface area contributed by atoms with Crippen molar-refractivity contribution >= 4 is 40.0 Å². The van der Waals surface area contributed by atoms with Crippen LogP contribution in [-0.4, -0.2) is 21.7 Å². The lowest BCUT2D eigenvalue weighted by Crippen LogP contribution is -2.31. The topological polar surface area (TPSA) is 55.4 Å². The Morgan fingerprint density at radius 3 is 2.61 bits per heavy atom. The van der Waals surface area contributed by atoms with Crippen molar-refractivity contribution in [3.63, 3.8) is 0 Å². The minimum Gasteiger partial charge on any atom is -0.444 e. The molecule has 0 saturated heterocycles. The summed E-state index contributed by atoms with van der Waals surface area (Å²) in [7, 11) is -1.23. The second-order valence-electron chi connectivity index (χ2n) is 8.17. The molecule has 1 aliphatic rings. The number of benzene rings is 1. The highest BCUT2D eigenvalue weighted by Crippen LogP contribution is 2.27. The van der Waals surface area contributed by atoms with E-state index in [0.717, 1.165) is 39.0 Å². The first-order valence-electron chi connectivity index (χ1n) is 10.4. The van der Waals surface area contributed by atoms with Gasteiger partial charge >= 0.3 is 6.09 Å². The Morgan fingerprint density at radius 1 is 1.16 bits per heavy atom. The summed E-state index contributed by atoms with van der Waals surface area (Å²) in [5, 5.41) is 2.74. The Hall–Kier alpha value is -1.83. The summed E-state index contributed by atoms with van der Waals surface area (Å²) in [5.41, 5.74) is 0.895. The minimum atomic E-state index is -1.23. The van der Waals surface area contributed by atoms with Crippen LogP contribution >= 0.6 is 23.1 Å². The summed E-state index contributed by atoms with van der Waals surface area (Å²) in [6.07, 6.45) is 9.73. The van der Waals surface area contributed by atoms with E-state index in [1.165, 1.54) is 21.8 Å². The van der Waals surface area contributed by atoms with Crippen LogP contribution in [0.25, 0.3) is 0 Å². The normalized spacial score (nSPS) is 14.7. The van der Waals surface area contributed by atoms with Crippen LogP contribution < -0.4 is 5.32 Å². The lowest BCUT2D eigenvalue weighted by Gasteiger charge is -2.19. The van der Waals surface area contributed by atoms with Crippen molar-refractivity contribution in [1.82, 2.24) is 5.32 Å². The zero-order valence-electron chi connectivity index (χ0n) is 18.2. The number of carbonyl (C=O) groups is 1. The molecular formula is C24H29NO3S3. The number of hydrogen-bond acceptors (Lipinski definition) is 5. The van der Waals surface area contributed by atoms with Crippen LogP contribution in [0.4, 0.5) is 4.79 Å². The van der Waals surface area contributed by atoms with E-state index in [4.69, 9.17) is 4.74 Å². The number of hydrogen-bond donors (Lipinski definition) is 1. The summed E-state index contributed by atoms with van der Waals surface area (Å²) in [5.74, 6) is 1.04. The molecule has 1 heterocycles. The van der Waals surface area contributed by atoms with Crippen molar-refractivity contribution in [1.29, 1.82) is 0 Å². The van der Waals surface area contributed by atoms with Gasteiger partial charge in [-0.25, -0.2) is 9.00 Å². The quantitative estimate of drug-likeness (QED) is 0.432. The molecule has 1 amide bonds. The second kappa shape index (κ2) is 11.2. The molecule has 1 unspecified atom stereocenters. The van der Waals surface area contributed by atoms with Crippen molar-refractivity contribution < 1.29 is 13.7 Å². The van der Waals surface area contributed by atoms with Crippen molar-refractivity contribution in [2.24, 2.45) is 0 Å². The zero-order chi connectivity index (χ0) is 22.3. The molecular weight excluding hydrogens is 446 g/mol. The Morgan fingerprint density at radius 2 is 1.94 bits per heavy atom. The predicted molar refractivity (Wildman–Crippen MR) is 130 cm³/mol. The van der Waals surface area contributed by atoms with E-state index in [-0.39, 0.29) is 0 Å².